The minimum atomic E-state index is -3.83. The van der Waals surface area contributed by atoms with Crippen LogP contribution in [0.5, 0.6) is 0 Å². The number of anilines is 1. The Morgan fingerprint density at radius 2 is 1.96 bits per heavy atom. The van der Waals surface area contributed by atoms with E-state index >= 15 is 0 Å². The Balaban J connectivity index is 1.72. The molecule has 10 heteroatoms. The van der Waals surface area contributed by atoms with E-state index in [0.29, 0.717) is 11.3 Å². The summed E-state index contributed by atoms with van der Waals surface area (Å²) in [4.78, 5) is 12.2. The summed E-state index contributed by atoms with van der Waals surface area (Å²) in [5.74, 6) is 0.127. The lowest BCUT2D eigenvalue weighted by atomic mass is 10.1. The molecule has 0 aliphatic rings. The van der Waals surface area contributed by atoms with Crippen molar-refractivity contribution in [3.8, 4) is 0 Å². The zero-order valence-corrected chi connectivity index (χ0v) is 15.7. The van der Waals surface area contributed by atoms with Gasteiger partial charge in [0.05, 0.1) is 12.8 Å². The summed E-state index contributed by atoms with van der Waals surface area (Å²) in [5.41, 5.74) is 1.48. The number of nitrogens with zero attached hydrogens (tertiary/aromatic N) is 3. The third-order valence-electron chi connectivity index (χ3n) is 3.53. The lowest BCUT2D eigenvalue weighted by Crippen LogP contribution is -2.26. The first-order chi connectivity index (χ1) is 12.4. The molecule has 0 spiro atoms. The van der Waals surface area contributed by atoms with Crippen LogP contribution in [0.2, 0.25) is 0 Å². The summed E-state index contributed by atoms with van der Waals surface area (Å²) in [5, 5.41) is 10.1. The van der Waals surface area contributed by atoms with Crippen LogP contribution < -0.4 is 5.32 Å². The van der Waals surface area contributed by atoms with Crippen LogP contribution >= 0.6 is 11.3 Å². The number of hydrogen-bond acceptors (Lipinski definition) is 7. The number of sulfonamides is 1. The second-order valence-corrected chi connectivity index (χ2v) is 8.73. The van der Waals surface area contributed by atoms with Crippen molar-refractivity contribution in [1.82, 2.24) is 14.5 Å². The van der Waals surface area contributed by atoms with E-state index in [4.69, 9.17) is 4.42 Å². The minimum Gasteiger partial charge on any atom is -0.468 e. The largest absolute Gasteiger partial charge is 0.468 e. The highest BCUT2D eigenvalue weighted by molar-refractivity contribution is 7.91. The van der Waals surface area contributed by atoms with Gasteiger partial charge in [0.2, 0.25) is 9.47 Å². The van der Waals surface area contributed by atoms with Gasteiger partial charge in [0.25, 0.3) is 15.9 Å². The Hall–Kier alpha value is -2.56. The summed E-state index contributed by atoms with van der Waals surface area (Å²) < 4.78 is 31.1. The van der Waals surface area contributed by atoms with Crippen LogP contribution in [0, 0.1) is 6.92 Å². The molecule has 0 saturated heterocycles. The van der Waals surface area contributed by atoms with Gasteiger partial charge in [0.1, 0.15) is 5.76 Å². The number of carbonyl (C=O) groups is 1. The van der Waals surface area contributed by atoms with Crippen LogP contribution in [0.4, 0.5) is 5.13 Å². The SMILES string of the molecule is Cc1ccc(C(=O)Nc2nnc(S(=O)(=O)N(C)Cc3ccco3)s2)cc1. The van der Waals surface area contributed by atoms with Gasteiger partial charge in [-0.1, -0.05) is 29.0 Å². The van der Waals surface area contributed by atoms with Crippen molar-refractivity contribution in [2.45, 2.75) is 17.8 Å². The highest BCUT2D eigenvalue weighted by atomic mass is 32.2. The standard InChI is InChI=1S/C16H16N4O4S2/c1-11-5-7-12(8-6-11)14(21)17-15-18-19-16(25-15)26(22,23)20(2)10-13-4-3-9-24-13/h3-9H,10H2,1-2H3,(H,17,18,21). The van der Waals surface area contributed by atoms with Crippen molar-refractivity contribution < 1.29 is 17.6 Å². The maximum atomic E-state index is 12.5. The van der Waals surface area contributed by atoms with Crippen molar-refractivity contribution in [2.24, 2.45) is 0 Å². The third kappa shape index (κ3) is 3.98. The first-order valence-corrected chi connectivity index (χ1v) is 9.82. The summed E-state index contributed by atoms with van der Waals surface area (Å²) >= 11 is 0.793. The molecule has 0 saturated carbocycles. The number of amides is 1. The molecule has 136 valence electrons. The zero-order chi connectivity index (χ0) is 18.7. The van der Waals surface area contributed by atoms with Gasteiger partial charge in [0, 0.05) is 12.6 Å². The van der Waals surface area contributed by atoms with Gasteiger partial charge in [-0.05, 0) is 31.2 Å². The highest BCUT2D eigenvalue weighted by Gasteiger charge is 2.26. The average Bonchev–Trinajstić information content (AvgIpc) is 3.27. The van der Waals surface area contributed by atoms with Crippen LogP contribution in [0.25, 0.3) is 0 Å². The van der Waals surface area contributed by atoms with Crippen molar-refractivity contribution in [1.29, 1.82) is 0 Å². The third-order valence-corrected chi connectivity index (χ3v) is 6.52. The molecular weight excluding hydrogens is 376 g/mol. The van der Waals surface area contributed by atoms with Crippen molar-refractivity contribution >= 4 is 32.4 Å². The molecule has 3 aromatic rings. The molecule has 0 atom stereocenters. The molecule has 0 unspecified atom stereocenters. The first kappa shape index (κ1) is 18.2. The van der Waals surface area contributed by atoms with E-state index in [9.17, 15) is 13.2 Å². The molecule has 8 nitrogen and oxygen atoms in total. The molecule has 26 heavy (non-hydrogen) atoms. The Morgan fingerprint density at radius 1 is 1.23 bits per heavy atom. The van der Waals surface area contributed by atoms with Gasteiger partial charge in [0.15, 0.2) is 0 Å². The van der Waals surface area contributed by atoms with Gasteiger partial charge in [-0.25, -0.2) is 8.42 Å². The highest BCUT2D eigenvalue weighted by Crippen LogP contribution is 2.24. The molecule has 1 N–H and O–H groups in total. The van der Waals surface area contributed by atoms with Crippen LogP contribution in [-0.4, -0.2) is 35.9 Å². The fourth-order valence-electron chi connectivity index (χ4n) is 2.08. The quantitative estimate of drug-likeness (QED) is 0.646. The van der Waals surface area contributed by atoms with Gasteiger partial charge in [-0.15, -0.1) is 10.2 Å². The van der Waals surface area contributed by atoms with Crippen LogP contribution in [0.3, 0.4) is 0 Å². The minimum absolute atomic E-state index is 0.0694. The molecule has 1 amide bonds. The molecule has 0 aliphatic heterocycles. The van der Waals surface area contributed by atoms with E-state index in [1.165, 1.54) is 13.3 Å². The van der Waals surface area contributed by atoms with E-state index < -0.39 is 10.0 Å². The summed E-state index contributed by atoms with van der Waals surface area (Å²) in [7, 11) is -2.41. The first-order valence-electron chi connectivity index (χ1n) is 7.56. The van der Waals surface area contributed by atoms with E-state index in [1.54, 1.807) is 24.3 Å². The van der Waals surface area contributed by atoms with E-state index in [-0.39, 0.29) is 21.9 Å². The average molecular weight is 392 g/mol. The molecule has 1 aromatic carbocycles. The Labute approximate surface area is 154 Å². The topological polar surface area (TPSA) is 105 Å². The maximum Gasteiger partial charge on any atom is 0.272 e. The predicted molar refractivity (Wildman–Crippen MR) is 96.4 cm³/mol. The van der Waals surface area contributed by atoms with E-state index in [1.807, 2.05) is 19.1 Å². The smallest absolute Gasteiger partial charge is 0.272 e. The zero-order valence-electron chi connectivity index (χ0n) is 14.0. The van der Waals surface area contributed by atoms with E-state index in [0.717, 1.165) is 21.2 Å². The molecule has 3 rings (SSSR count). The van der Waals surface area contributed by atoms with Crippen LogP contribution in [0.15, 0.2) is 51.4 Å². The second-order valence-electron chi connectivity index (χ2n) is 5.53. The molecule has 2 heterocycles. The van der Waals surface area contributed by atoms with Crippen molar-refractivity contribution in [3.05, 3.63) is 59.5 Å². The monoisotopic (exact) mass is 392 g/mol. The second kappa shape index (κ2) is 7.36. The molecule has 0 radical (unpaired) electrons. The number of aromatic nitrogens is 2. The fraction of sp³-hybridized carbons (Fsp3) is 0.188. The summed E-state index contributed by atoms with van der Waals surface area (Å²) in [6, 6.07) is 10.3. The van der Waals surface area contributed by atoms with Gasteiger partial charge >= 0.3 is 0 Å². The maximum absolute atomic E-state index is 12.5. The number of nitrogens with one attached hydrogen (secondary N) is 1. The van der Waals surface area contributed by atoms with Gasteiger partial charge in [-0.2, -0.15) is 4.31 Å². The lowest BCUT2D eigenvalue weighted by molar-refractivity contribution is 0.102. The van der Waals surface area contributed by atoms with Crippen LogP contribution in [-0.2, 0) is 16.6 Å². The fourth-order valence-corrected chi connectivity index (χ4v) is 4.30. The number of aryl methyl sites for hydroxylation is 1. The van der Waals surface area contributed by atoms with Crippen LogP contribution in [0.1, 0.15) is 21.7 Å². The Morgan fingerprint density at radius 3 is 2.62 bits per heavy atom. The van der Waals surface area contributed by atoms with Gasteiger partial charge in [-0.3, -0.25) is 10.1 Å². The molecule has 0 aliphatic carbocycles. The lowest BCUT2D eigenvalue weighted by Gasteiger charge is -2.12. The van der Waals surface area contributed by atoms with Gasteiger partial charge < -0.3 is 4.42 Å². The van der Waals surface area contributed by atoms with Crippen molar-refractivity contribution in [3.63, 3.8) is 0 Å². The number of rotatable bonds is 6. The predicted octanol–water partition coefficient (Wildman–Crippen LogP) is 2.51. The number of furan rings is 1. The normalized spacial score (nSPS) is 11.7. The molecule has 0 bridgehead atoms. The number of carbonyl (C=O) groups excluding carboxylic acids is 1. The van der Waals surface area contributed by atoms with Crippen molar-refractivity contribution in [2.75, 3.05) is 12.4 Å². The number of benzene rings is 1. The molecular formula is C16H16N4O4S2. The Bertz CT molecular complexity index is 995. The summed E-state index contributed by atoms with van der Waals surface area (Å²) in [6.07, 6.45) is 1.47. The Kier molecular flexibility index (Phi) is 5.16. The van der Waals surface area contributed by atoms with E-state index in [2.05, 4.69) is 15.5 Å². The summed E-state index contributed by atoms with van der Waals surface area (Å²) in [6.45, 7) is 1.99. The molecule has 0 fully saturated rings. The molecule has 2 aromatic heterocycles. The number of hydrogen-bond donors (Lipinski definition) is 1.